The summed E-state index contributed by atoms with van der Waals surface area (Å²) in [7, 11) is 0. The van der Waals surface area contributed by atoms with Crippen LogP contribution in [-0.4, -0.2) is 48.2 Å². The number of carboxylic acids is 1. The minimum absolute atomic E-state index is 0.0328. The van der Waals surface area contributed by atoms with E-state index in [1.54, 1.807) is 11.8 Å². The Balaban J connectivity index is 0.000000259. The van der Waals surface area contributed by atoms with Crippen LogP contribution in [0.5, 0.6) is 0 Å². The fourth-order valence-corrected chi connectivity index (χ4v) is 6.77. The van der Waals surface area contributed by atoms with Gasteiger partial charge in [-0.1, -0.05) is 80.9 Å². The highest BCUT2D eigenvalue weighted by atomic mass is 32.2. The van der Waals surface area contributed by atoms with Crippen molar-refractivity contribution < 1.29 is 19.5 Å². The number of Topliss-reactive ketones (excluding diaryl/α,β-unsaturated/α-hetero) is 1. The van der Waals surface area contributed by atoms with E-state index in [-0.39, 0.29) is 28.3 Å². The molecule has 2 aliphatic rings. The standard InChI is InChI=1S/C25H27NOS.C8H13NO3/c1-17-12-13-22-21(14-17)24(28-15-23(27)26(22)16-25(2,3)4)20-11-7-9-18-8-5-6-10-19(18)20;1-5(10)7-4-9-3-2-6(7)8(11)12/h5-14,24H,15-16H2,1-4H3;6-7,9H,2-4H2,1H3,(H,11,12)/t;6-,7+/m.0/s1. The number of hydrogen-bond acceptors (Lipinski definition) is 5. The summed E-state index contributed by atoms with van der Waals surface area (Å²) >= 11 is 1.75. The third-order valence-electron chi connectivity index (χ3n) is 7.49. The Bertz CT molecular complexity index is 1370. The van der Waals surface area contributed by atoms with Crippen molar-refractivity contribution >= 4 is 45.9 Å². The van der Waals surface area contributed by atoms with Gasteiger partial charge in [0.05, 0.1) is 16.9 Å². The van der Waals surface area contributed by atoms with Crippen LogP contribution in [0.2, 0.25) is 0 Å². The van der Waals surface area contributed by atoms with Gasteiger partial charge in [-0.05, 0) is 60.2 Å². The summed E-state index contributed by atoms with van der Waals surface area (Å²) < 4.78 is 0. The maximum absolute atomic E-state index is 13.1. The number of carboxylic acid groups (broad SMARTS) is 1. The number of carbonyl (C=O) groups is 3. The number of nitrogens with one attached hydrogen (secondary N) is 1. The first-order valence-corrected chi connectivity index (χ1v) is 15.0. The largest absolute Gasteiger partial charge is 0.481 e. The number of hydrogen-bond donors (Lipinski definition) is 2. The van der Waals surface area contributed by atoms with Crippen LogP contribution in [0.15, 0.2) is 60.7 Å². The number of amides is 1. The fourth-order valence-electron chi connectivity index (χ4n) is 5.55. The summed E-state index contributed by atoms with van der Waals surface area (Å²) in [6.45, 7) is 12.1. The van der Waals surface area contributed by atoms with E-state index in [1.807, 2.05) is 4.90 Å². The van der Waals surface area contributed by atoms with Crippen molar-refractivity contribution in [3.63, 3.8) is 0 Å². The van der Waals surface area contributed by atoms with Gasteiger partial charge in [0, 0.05) is 24.7 Å². The summed E-state index contributed by atoms with van der Waals surface area (Å²) in [6, 6.07) is 21.6. The molecule has 6 nitrogen and oxygen atoms in total. The quantitative estimate of drug-likeness (QED) is 0.392. The Labute approximate surface area is 241 Å². The van der Waals surface area contributed by atoms with Crippen molar-refractivity contribution in [1.29, 1.82) is 0 Å². The fraction of sp³-hybridized carbons (Fsp3) is 0.424. The number of aryl methyl sites for hydroxylation is 1. The molecule has 7 heteroatoms. The SMILES string of the molecule is CC(=O)[C@H]1CNCC[C@@H]1C(=O)O.Cc1ccc2c(c1)C(c1cccc3ccccc13)SCC(=O)N2CC(C)(C)C. The van der Waals surface area contributed by atoms with Crippen molar-refractivity contribution in [2.24, 2.45) is 17.3 Å². The van der Waals surface area contributed by atoms with Crippen LogP contribution in [0.3, 0.4) is 0 Å². The monoisotopic (exact) mass is 560 g/mol. The number of anilines is 1. The third kappa shape index (κ3) is 6.94. The minimum Gasteiger partial charge on any atom is -0.481 e. The van der Waals surface area contributed by atoms with Gasteiger partial charge in [0.15, 0.2) is 0 Å². The predicted molar refractivity (Wildman–Crippen MR) is 164 cm³/mol. The van der Waals surface area contributed by atoms with E-state index < -0.39 is 11.9 Å². The summed E-state index contributed by atoms with van der Waals surface area (Å²) in [6.07, 6.45) is 0.555. The maximum Gasteiger partial charge on any atom is 0.307 e. The first-order valence-electron chi connectivity index (χ1n) is 13.9. The lowest BCUT2D eigenvalue weighted by Crippen LogP contribution is -2.43. The molecular weight excluding hydrogens is 520 g/mol. The van der Waals surface area contributed by atoms with Crippen molar-refractivity contribution in [2.75, 3.05) is 30.3 Å². The second-order valence-corrected chi connectivity index (χ2v) is 13.1. The van der Waals surface area contributed by atoms with Gasteiger partial charge in [0.2, 0.25) is 5.91 Å². The van der Waals surface area contributed by atoms with E-state index in [4.69, 9.17) is 5.11 Å². The average molecular weight is 561 g/mol. The van der Waals surface area contributed by atoms with Crippen LogP contribution >= 0.6 is 11.8 Å². The lowest BCUT2D eigenvalue weighted by atomic mass is 9.84. The number of carbonyl (C=O) groups excluding carboxylic acids is 2. The summed E-state index contributed by atoms with van der Waals surface area (Å²) in [5, 5.41) is 14.5. The zero-order valence-corrected chi connectivity index (χ0v) is 24.9. The Hall–Kier alpha value is -3.16. The number of rotatable bonds is 4. The Morgan fingerprint density at radius 3 is 2.42 bits per heavy atom. The molecule has 0 saturated carbocycles. The van der Waals surface area contributed by atoms with Gasteiger partial charge in [-0.2, -0.15) is 0 Å². The number of nitrogens with zero attached hydrogens (tertiary/aromatic N) is 1. The molecule has 0 aliphatic carbocycles. The predicted octanol–water partition coefficient (Wildman–Crippen LogP) is 6.25. The van der Waals surface area contributed by atoms with Crippen molar-refractivity contribution in [1.82, 2.24) is 5.32 Å². The molecular formula is C33H40N2O4S. The molecule has 0 radical (unpaired) electrons. The molecule has 1 amide bonds. The van der Waals surface area contributed by atoms with Gasteiger partial charge in [-0.3, -0.25) is 14.4 Å². The molecule has 0 aromatic heterocycles. The molecule has 2 N–H and O–H groups in total. The van der Waals surface area contributed by atoms with Gasteiger partial charge in [-0.15, -0.1) is 11.8 Å². The Morgan fingerprint density at radius 1 is 1.02 bits per heavy atom. The molecule has 1 fully saturated rings. The van der Waals surface area contributed by atoms with Crippen LogP contribution in [0.25, 0.3) is 10.8 Å². The van der Waals surface area contributed by atoms with E-state index >= 15 is 0 Å². The van der Waals surface area contributed by atoms with Crippen LogP contribution in [0.4, 0.5) is 5.69 Å². The second-order valence-electron chi connectivity index (χ2n) is 12.0. The number of aliphatic carboxylic acids is 1. The zero-order valence-electron chi connectivity index (χ0n) is 24.1. The number of thioether (sulfide) groups is 1. The van der Waals surface area contributed by atoms with Gasteiger partial charge in [0.25, 0.3) is 0 Å². The highest BCUT2D eigenvalue weighted by Crippen LogP contribution is 2.46. The zero-order chi connectivity index (χ0) is 29.0. The van der Waals surface area contributed by atoms with Gasteiger partial charge in [0.1, 0.15) is 5.78 Å². The number of piperidine rings is 1. The molecule has 212 valence electrons. The topological polar surface area (TPSA) is 86.7 Å². The van der Waals surface area contributed by atoms with Crippen LogP contribution in [-0.2, 0) is 14.4 Å². The smallest absolute Gasteiger partial charge is 0.307 e. The number of ketones is 1. The molecule has 3 aromatic carbocycles. The maximum atomic E-state index is 13.1. The summed E-state index contributed by atoms with van der Waals surface area (Å²) in [4.78, 5) is 36.8. The Kier molecular flexibility index (Phi) is 9.37. The normalized spacial score (nSPS) is 21.2. The second kappa shape index (κ2) is 12.6. The molecule has 2 heterocycles. The number of benzene rings is 3. The lowest BCUT2D eigenvalue weighted by molar-refractivity contribution is -0.147. The molecule has 3 aromatic rings. The molecule has 1 saturated heterocycles. The average Bonchev–Trinajstić information content (AvgIpc) is 3.04. The van der Waals surface area contributed by atoms with Crippen molar-refractivity contribution in [3.05, 3.63) is 77.4 Å². The van der Waals surface area contributed by atoms with E-state index in [0.29, 0.717) is 25.3 Å². The van der Waals surface area contributed by atoms with Gasteiger partial charge in [-0.25, -0.2) is 0 Å². The van der Waals surface area contributed by atoms with Gasteiger partial charge < -0.3 is 15.3 Å². The molecule has 5 rings (SSSR count). The van der Waals surface area contributed by atoms with E-state index in [2.05, 4.69) is 93.7 Å². The molecule has 0 spiro atoms. The summed E-state index contributed by atoms with van der Waals surface area (Å²) in [5.41, 5.74) is 4.88. The minimum atomic E-state index is -0.850. The molecule has 1 unspecified atom stereocenters. The van der Waals surface area contributed by atoms with Crippen molar-refractivity contribution in [2.45, 2.75) is 46.3 Å². The van der Waals surface area contributed by atoms with E-state index in [1.165, 1.54) is 34.4 Å². The molecule has 40 heavy (non-hydrogen) atoms. The van der Waals surface area contributed by atoms with Crippen LogP contribution < -0.4 is 10.2 Å². The van der Waals surface area contributed by atoms with Crippen molar-refractivity contribution in [3.8, 4) is 0 Å². The summed E-state index contributed by atoms with van der Waals surface area (Å²) in [5.74, 6) is -1.00. The van der Waals surface area contributed by atoms with Gasteiger partial charge >= 0.3 is 5.97 Å². The first kappa shape index (κ1) is 29.8. The molecule has 3 atom stereocenters. The first-order chi connectivity index (χ1) is 19.0. The highest BCUT2D eigenvalue weighted by Gasteiger charge is 2.34. The molecule has 2 aliphatic heterocycles. The highest BCUT2D eigenvalue weighted by molar-refractivity contribution is 8.00. The van der Waals surface area contributed by atoms with Crippen LogP contribution in [0, 0.1) is 24.2 Å². The van der Waals surface area contributed by atoms with E-state index in [0.717, 1.165) is 12.2 Å². The van der Waals surface area contributed by atoms with E-state index in [9.17, 15) is 14.4 Å². The lowest BCUT2D eigenvalue weighted by Gasteiger charge is -2.30. The van der Waals surface area contributed by atoms with Crippen LogP contribution in [0.1, 0.15) is 56.1 Å². The number of fused-ring (bicyclic) bond motifs is 2. The third-order valence-corrected chi connectivity index (χ3v) is 8.75. The Morgan fingerprint density at radius 2 is 1.75 bits per heavy atom. The molecule has 0 bridgehead atoms.